The number of rotatable bonds is 2. The summed E-state index contributed by atoms with van der Waals surface area (Å²) in [5, 5.41) is 3.51. The van der Waals surface area contributed by atoms with Crippen LogP contribution in [0.1, 0.15) is 30.4 Å². The number of nitrogens with one attached hydrogen (secondary N) is 1. The van der Waals surface area contributed by atoms with E-state index in [2.05, 4.69) is 11.4 Å². The Hall–Kier alpha value is -0.870. The third-order valence-electron chi connectivity index (χ3n) is 4.00. The van der Waals surface area contributed by atoms with Crippen molar-refractivity contribution < 1.29 is 8.42 Å². The maximum atomic E-state index is 11.9. The lowest BCUT2D eigenvalue weighted by molar-refractivity contribution is 0.399. The molecule has 18 heavy (non-hydrogen) atoms. The van der Waals surface area contributed by atoms with Gasteiger partial charge >= 0.3 is 0 Å². The quantitative estimate of drug-likeness (QED) is 0.885. The van der Waals surface area contributed by atoms with E-state index in [0.717, 1.165) is 24.1 Å². The van der Waals surface area contributed by atoms with Crippen LogP contribution in [0.15, 0.2) is 23.1 Å². The highest BCUT2D eigenvalue weighted by molar-refractivity contribution is 7.91. The Morgan fingerprint density at radius 1 is 1.28 bits per heavy atom. The molecule has 1 fully saturated rings. The summed E-state index contributed by atoms with van der Waals surface area (Å²) in [4.78, 5) is 0.579. The zero-order valence-electron chi connectivity index (χ0n) is 10.5. The first-order chi connectivity index (χ1) is 8.65. The lowest BCUT2D eigenvalue weighted by Crippen LogP contribution is -2.35. The normalized spacial score (nSPS) is 25.9. The van der Waals surface area contributed by atoms with Crippen LogP contribution in [0.5, 0.6) is 0 Å². The third kappa shape index (κ3) is 2.31. The van der Waals surface area contributed by atoms with Crippen molar-refractivity contribution >= 4 is 9.84 Å². The molecule has 1 N–H and O–H groups in total. The number of sulfone groups is 1. The van der Waals surface area contributed by atoms with Crippen molar-refractivity contribution in [2.24, 2.45) is 0 Å². The second-order valence-corrected chi connectivity index (χ2v) is 7.44. The van der Waals surface area contributed by atoms with Gasteiger partial charge in [-0.1, -0.05) is 18.6 Å². The zero-order chi connectivity index (χ0) is 12.6. The number of fused-ring (bicyclic) bond motifs is 1. The van der Waals surface area contributed by atoms with E-state index in [1.807, 2.05) is 12.1 Å². The van der Waals surface area contributed by atoms with Crippen molar-refractivity contribution in [1.82, 2.24) is 5.32 Å². The van der Waals surface area contributed by atoms with E-state index in [9.17, 15) is 8.42 Å². The third-order valence-corrected chi connectivity index (χ3v) is 5.79. The van der Waals surface area contributed by atoms with Gasteiger partial charge in [0.2, 0.25) is 0 Å². The smallest absolute Gasteiger partial charge is 0.178 e. The summed E-state index contributed by atoms with van der Waals surface area (Å²) in [5.74, 6) is 0.285. The molecule has 0 radical (unpaired) electrons. The molecule has 1 aromatic carbocycles. The van der Waals surface area contributed by atoms with Crippen molar-refractivity contribution in [3.8, 4) is 0 Å². The fourth-order valence-corrected chi connectivity index (χ4v) is 4.57. The summed E-state index contributed by atoms with van der Waals surface area (Å²) >= 11 is 0. The molecule has 0 saturated carbocycles. The van der Waals surface area contributed by atoms with Gasteiger partial charge in [-0.3, -0.25) is 0 Å². The lowest BCUT2D eigenvalue weighted by Gasteiger charge is -2.23. The fourth-order valence-electron chi connectivity index (χ4n) is 2.96. The van der Waals surface area contributed by atoms with Gasteiger partial charge in [-0.2, -0.15) is 0 Å². The minimum Gasteiger partial charge on any atom is -0.314 e. The van der Waals surface area contributed by atoms with Gasteiger partial charge in [-0.25, -0.2) is 8.42 Å². The van der Waals surface area contributed by atoms with E-state index < -0.39 is 9.84 Å². The van der Waals surface area contributed by atoms with Gasteiger partial charge in [0.15, 0.2) is 9.84 Å². The van der Waals surface area contributed by atoms with E-state index in [4.69, 9.17) is 0 Å². The van der Waals surface area contributed by atoms with E-state index in [1.165, 1.54) is 19.3 Å². The van der Waals surface area contributed by atoms with Gasteiger partial charge in [0, 0.05) is 6.04 Å². The number of hydrogen-bond donors (Lipinski definition) is 1. The average molecular weight is 265 g/mol. The van der Waals surface area contributed by atoms with Crippen molar-refractivity contribution in [2.75, 3.05) is 12.3 Å². The highest BCUT2D eigenvalue weighted by Gasteiger charge is 2.26. The molecule has 1 atom stereocenters. The molecule has 0 spiro atoms. The zero-order valence-corrected chi connectivity index (χ0v) is 11.3. The maximum Gasteiger partial charge on any atom is 0.178 e. The Labute approximate surface area is 109 Å². The van der Waals surface area contributed by atoms with Gasteiger partial charge < -0.3 is 5.32 Å². The number of hydrogen-bond acceptors (Lipinski definition) is 3. The topological polar surface area (TPSA) is 46.2 Å². The molecule has 98 valence electrons. The molecule has 0 aliphatic carbocycles. The van der Waals surface area contributed by atoms with Gasteiger partial charge in [-0.15, -0.1) is 0 Å². The van der Waals surface area contributed by atoms with Crippen LogP contribution < -0.4 is 5.32 Å². The van der Waals surface area contributed by atoms with Crippen LogP contribution in [0.2, 0.25) is 0 Å². The number of aryl methyl sites for hydroxylation is 1. The van der Waals surface area contributed by atoms with Gasteiger partial charge in [0.1, 0.15) is 0 Å². The molecule has 1 aromatic rings. The minimum absolute atomic E-state index is 0.285. The monoisotopic (exact) mass is 265 g/mol. The van der Waals surface area contributed by atoms with Crippen LogP contribution in [0, 0.1) is 0 Å². The van der Waals surface area contributed by atoms with Crippen LogP contribution >= 0.6 is 0 Å². The summed E-state index contributed by atoms with van der Waals surface area (Å²) in [6.07, 6.45) is 5.36. The van der Waals surface area contributed by atoms with Crippen molar-refractivity contribution in [3.63, 3.8) is 0 Å². The van der Waals surface area contributed by atoms with Crippen LogP contribution in [0.4, 0.5) is 0 Å². The van der Waals surface area contributed by atoms with Crippen LogP contribution in [0.25, 0.3) is 0 Å². The van der Waals surface area contributed by atoms with Gasteiger partial charge in [-0.05, 0) is 49.4 Å². The van der Waals surface area contributed by atoms with E-state index >= 15 is 0 Å². The first kappa shape index (κ1) is 12.2. The summed E-state index contributed by atoms with van der Waals surface area (Å²) in [6.45, 7) is 1.09. The average Bonchev–Trinajstić information content (AvgIpc) is 2.67. The lowest BCUT2D eigenvalue weighted by atomic mass is 9.97. The summed E-state index contributed by atoms with van der Waals surface area (Å²) < 4.78 is 23.8. The van der Waals surface area contributed by atoms with Crippen molar-refractivity contribution in [2.45, 2.75) is 43.0 Å². The number of piperidine rings is 1. The summed E-state index contributed by atoms with van der Waals surface area (Å²) in [7, 11) is -2.99. The minimum atomic E-state index is -2.99. The highest BCUT2D eigenvalue weighted by Crippen LogP contribution is 2.27. The Kier molecular flexibility index (Phi) is 3.16. The molecule has 4 heteroatoms. The molecule has 2 aliphatic heterocycles. The Bertz CT molecular complexity index is 545. The van der Waals surface area contributed by atoms with Gasteiger partial charge in [0.05, 0.1) is 10.6 Å². The molecule has 2 aliphatic rings. The molecule has 1 unspecified atom stereocenters. The van der Waals surface area contributed by atoms with Crippen molar-refractivity contribution in [3.05, 3.63) is 29.3 Å². The largest absolute Gasteiger partial charge is 0.314 e. The molecule has 3 nitrogen and oxygen atoms in total. The molecule has 0 bridgehead atoms. The van der Waals surface area contributed by atoms with Crippen LogP contribution in [-0.4, -0.2) is 26.8 Å². The Morgan fingerprint density at radius 3 is 2.94 bits per heavy atom. The van der Waals surface area contributed by atoms with Crippen LogP contribution in [-0.2, 0) is 22.7 Å². The SMILES string of the molecule is O=S1(=O)CCc2ccc(CC3CCCCN3)cc21. The van der Waals surface area contributed by atoms with Crippen LogP contribution in [0.3, 0.4) is 0 Å². The predicted octanol–water partition coefficient (Wildman–Crippen LogP) is 1.70. The van der Waals surface area contributed by atoms with Gasteiger partial charge in [0.25, 0.3) is 0 Å². The molecule has 1 saturated heterocycles. The predicted molar refractivity (Wildman–Crippen MR) is 71.5 cm³/mol. The Balaban J connectivity index is 1.82. The van der Waals surface area contributed by atoms with E-state index in [-0.39, 0.29) is 5.75 Å². The standard InChI is InChI=1S/C14H19NO2S/c16-18(17)8-6-12-5-4-11(10-14(12)18)9-13-3-1-2-7-15-13/h4-5,10,13,15H,1-3,6-9H2. The summed E-state index contributed by atoms with van der Waals surface area (Å²) in [6, 6.07) is 6.50. The molecular weight excluding hydrogens is 246 g/mol. The number of benzene rings is 1. The summed E-state index contributed by atoms with van der Waals surface area (Å²) in [5.41, 5.74) is 2.15. The fraction of sp³-hybridized carbons (Fsp3) is 0.571. The maximum absolute atomic E-state index is 11.9. The molecule has 2 heterocycles. The second-order valence-electron chi connectivity index (χ2n) is 5.36. The molecular formula is C14H19NO2S. The molecule has 0 aromatic heterocycles. The first-order valence-corrected chi connectivity index (χ1v) is 8.38. The van der Waals surface area contributed by atoms with E-state index in [0.29, 0.717) is 17.4 Å². The molecule has 0 amide bonds. The second kappa shape index (κ2) is 4.67. The Morgan fingerprint density at radius 2 is 2.17 bits per heavy atom. The molecule has 3 rings (SSSR count). The highest BCUT2D eigenvalue weighted by atomic mass is 32.2. The van der Waals surface area contributed by atoms with Crippen molar-refractivity contribution in [1.29, 1.82) is 0 Å². The van der Waals surface area contributed by atoms with E-state index in [1.54, 1.807) is 0 Å². The first-order valence-electron chi connectivity index (χ1n) is 6.73.